The van der Waals surface area contributed by atoms with E-state index >= 15 is 0 Å². The lowest BCUT2D eigenvalue weighted by Crippen LogP contribution is -2.62. The second kappa shape index (κ2) is 34.5. The normalized spacial score (nSPS) is 23.7. The molecule has 0 aromatic rings. The fraction of sp³-hybridized carbons (Fsp3) is 0.812. The first-order valence-corrected chi connectivity index (χ1v) is 25.5. The van der Waals surface area contributed by atoms with Crippen LogP contribution in [0.4, 0.5) is 0 Å². The third-order valence-electron chi connectivity index (χ3n) is 11.9. The molecule has 22 heteroatoms. The predicted molar refractivity (Wildman–Crippen MR) is 267 cm³/mol. The second-order valence-corrected chi connectivity index (χ2v) is 19.9. The average Bonchev–Trinajstić information content (AvgIpc) is 3.27. The van der Waals surface area contributed by atoms with E-state index in [0.29, 0.717) is 6.42 Å². The van der Waals surface area contributed by atoms with E-state index in [1.807, 2.05) is 41.5 Å². The molecule has 1 aliphatic heterocycles. The summed E-state index contributed by atoms with van der Waals surface area (Å²) in [6.07, 6.45) is 4.07. The van der Waals surface area contributed by atoms with Crippen LogP contribution in [0.25, 0.3) is 0 Å². The lowest BCUT2D eigenvalue weighted by Gasteiger charge is -2.29. The highest BCUT2D eigenvalue weighted by atomic mass is 16.3. The van der Waals surface area contributed by atoms with Gasteiger partial charge in [-0.2, -0.15) is 0 Å². The van der Waals surface area contributed by atoms with Crippen molar-refractivity contribution in [3.63, 3.8) is 0 Å². The number of nitrogens with one attached hydrogen (secondary N) is 8. The van der Waals surface area contributed by atoms with Crippen LogP contribution in [-0.2, 0) is 43.2 Å². The lowest BCUT2D eigenvalue weighted by molar-refractivity contribution is -0.137. The molecule has 0 radical (unpaired) electrons. The fourth-order valence-electron chi connectivity index (χ4n) is 8.11. The number of Topliss-reactive ketones (excluding diaryl/α,β-unsaturated/α-hetero) is 1. The molecule has 70 heavy (non-hydrogen) atoms. The molecule has 17 N–H and O–H groups in total. The first-order chi connectivity index (χ1) is 33.1. The Morgan fingerprint density at radius 3 is 1.31 bits per heavy atom. The smallest absolute Gasteiger partial charge is 0.245 e. The first kappa shape index (κ1) is 63.2. The van der Waals surface area contributed by atoms with Crippen molar-refractivity contribution in [2.45, 2.75) is 193 Å². The molecule has 1 rings (SSSR count). The van der Waals surface area contributed by atoms with Gasteiger partial charge in [0.15, 0.2) is 0 Å². The minimum atomic E-state index is -1.57. The van der Waals surface area contributed by atoms with E-state index in [9.17, 15) is 48.3 Å². The molecule has 1 heterocycles. The van der Waals surface area contributed by atoms with Gasteiger partial charge in [0, 0.05) is 25.3 Å². The molecule has 1 aliphatic rings. The van der Waals surface area contributed by atoms with E-state index in [1.54, 1.807) is 0 Å². The molecule has 402 valence electrons. The molecule has 0 unspecified atom stereocenters. The number of carbonyl (C=O) groups is 9. The molecular formula is C48H90N12O10. The van der Waals surface area contributed by atoms with Crippen molar-refractivity contribution in [3.05, 3.63) is 0 Å². The second-order valence-electron chi connectivity index (χ2n) is 19.9. The van der Waals surface area contributed by atoms with Crippen LogP contribution in [0.3, 0.4) is 0 Å². The minimum Gasteiger partial charge on any atom is -0.393 e. The maximum Gasteiger partial charge on any atom is 0.245 e. The average molecular weight is 995 g/mol. The van der Waals surface area contributed by atoms with Crippen molar-refractivity contribution in [2.24, 2.45) is 46.6 Å². The molecule has 1 fully saturated rings. The van der Waals surface area contributed by atoms with Crippen LogP contribution < -0.4 is 65.5 Å². The summed E-state index contributed by atoms with van der Waals surface area (Å²) >= 11 is 0. The van der Waals surface area contributed by atoms with Crippen molar-refractivity contribution >= 4 is 53.0 Å². The summed E-state index contributed by atoms with van der Waals surface area (Å²) in [6.45, 7) is 12.3. The van der Waals surface area contributed by atoms with E-state index < -0.39 is 108 Å². The van der Waals surface area contributed by atoms with Crippen molar-refractivity contribution in [1.29, 1.82) is 0 Å². The number of carbonyl (C=O) groups excluding carboxylic acids is 9. The van der Waals surface area contributed by atoms with Crippen LogP contribution in [0.2, 0.25) is 0 Å². The molecule has 9 atom stereocenters. The Kier molecular flexibility index (Phi) is 31.2. The standard InChI is InChI=1S/C48H90N12O10/c1-8-9-10-11-12-13-32(61)26-33(62)25-31(14-18-49)41(63)60-40-27-53-42(64)37(22-28(2)3)57-44(66)35(16-20-51)54-43(65)34(15-19-50)55-46(68)38(23-29(4)5)59-47(69)39(24-30(6)7)58-45(67)36(17-21-52)56-48(40)70/h28-32,34-40,61H,8-27,49-52H2,1-7H3,(H,53,64)(H,54,65)(H,55,68)(H,56,70)(H,57,66)(H,58,67)(H,59,69)(H,60,63)/t31-,32+,34-,35-,36-,37-,38-,39+,40-/m0/s1. The van der Waals surface area contributed by atoms with Gasteiger partial charge in [-0.05, 0) is 95.3 Å². The van der Waals surface area contributed by atoms with Gasteiger partial charge < -0.3 is 70.6 Å². The number of amides is 8. The van der Waals surface area contributed by atoms with E-state index in [0.717, 1.165) is 32.1 Å². The number of ketones is 1. The third kappa shape index (κ3) is 24.9. The highest BCUT2D eigenvalue weighted by Crippen LogP contribution is 2.16. The predicted octanol–water partition coefficient (Wildman–Crippen LogP) is -1.27. The molecule has 0 bridgehead atoms. The lowest BCUT2D eigenvalue weighted by atomic mass is 9.94. The molecular weight excluding hydrogens is 905 g/mol. The maximum absolute atomic E-state index is 14.3. The third-order valence-corrected chi connectivity index (χ3v) is 11.9. The SMILES string of the molecule is CCCCCCC[C@@H](O)CC(=O)C[C@H](CCN)C(=O)N[C@H]1CNC(=O)[C@H](CC(C)C)NC(=O)[C@H](CCN)NC(=O)[C@H](CCN)NC(=O)[C@H](CC(C)C)NC(=O)[C@@H](CC(C)C)NC(=O)[C@H](CCN)NC1=O. The van der Waals surface area contributed by atoms with Crippen LogP contribution >= 0.6 is 0 Å². The topological polar surface area (TPSA) is 374 Å². The van der Waals surface area contributed by atoms with Gasteiger partial charge in [0.1, 0.15) is 48.1 Å². The van der Waals surface area contributed by atoms with Crippen molar-refractivity contribution in [1.82, 2.24) is 42.5 Å². The summed E-state index contributed by atoms with van der Waals surface area (Å²) in [5.74, 6) is -8.06. The van der Waals surface area contributed by atoms with Crippen molar-refractivity contribution in [3.8, 4) is 0 Å². The quantitative estimate of drug-likeness (QED) is 0.0450. The van der Waals surface area contributed by atoms with Crippen LogP contribution in [-0.4, -0.2) is 139 Å². The van der Waals surface area contributed by atoms with Gasteiger partial charge in [-0.1, -0.05) is 80.6 Å². The largest absolute Gasteiger partial charge is 0.393 e. The zero-order valence-corrected chi connectivity index (χ0v) is 43.0. The van der Waals surface area contributed by atoms with E-state index in [-0.39, 0.29) is 108 Å². The Morgan fingerprint density at radius 1 is 0.529 bits per heavy atom. The number of hydrogen-bond acceptors (Lipinski definition) is 14. The van der Waals surface area contributed by atoms with E-state index in [4.69, 9.17) is 22.9 Å². The molecule has 1 saturated heterocycles. The summed E-state index contributed by atoms with van der Waals surface area (Å²) in [5.41, 5.74) is 23.5. The van der Waals surface area contributed by atoms with Crippen LogP contribution in [0, 0.1) is 23.7 Å². The van der Waals surface area contributed by atoms with Crippen LogP contribution in [0.5, 0.6) is 0 Å². The van der Waals surface area contributed by atoms with Gasteiger partial charge >= 0.3 is 0 Å². The molecule has 22 nitrogen and oxygen atoms in total. The molecule has 0 aromatic heterocycles. The summed E-state index contributed by atoms with van der Waals surface area (Å²) in [5, 5.41) is 31.9. The van der Waals surface area contributed by atoms with Crippen LogP contribution in [0.1, 0.15) is 145 Å². The van der Waals surface area contributed by atoms with Crippen LogP contribution in [0.15, 0.2) is 0 Å². The minimum absolute atomic E-state index is 0.00155. The highest BCUT2D eigenvalue weighted by molar-refractivity contribution is 5.98. The van der Waals surface area contributed by atoms with Gasteiger partial charge in [-0.3, -0.25) is 43.2 Å². The van der Waals surface area contributed by atoms with E-state index in [1.165, 1.54) is 0 Å². The van der Waals surface area contributed by atoms with Gasteiger partial charge in [0.2, 0.25) is 47.3 Å². The van der Waals surface area contributed by atoms with Crippen molar-refractivity contribution < 1.29 is 48.3 Å². The first-order valence-electron chi connectivity index (χ1n) is 25.5. The Balaban J connectivity index is 3.84. The van der Waals surface area contributed by atoms with Crippen molar-refractivity contribution in [2.75, 3.05) is 32.7 Å². The Morgan fingerprint density at radius 2 is 0.914 bits per heavy atom. The number of aliphatic hydroxyl groups excluding tert-OH is 1. The summed E-state index contributed by atoms with van der Waals surface area (Å²) in [4.78, 5) is 125. The van der Waals surface area contributed by atoms with Gasteiger partial charge in [-0.25, -0.2) is 0 Å². The number of rotatable bonds is 26. The number of aliphatic hydroxyl groups is 1. The monoisotopic (exact) mass is 995 g/mol. The molecule has 8 amide bonds. The zero-order valence-electron chi connectivity index (χ0n) is 43.0. The molecule has 0 aromatic carbocycles. The van der Waals surface area contributed by atoms with Gasteiger partial charge in [0.05, 0.1) is 6.10 Å². The summed E-state index contributed by atoms with van der Waals surface area (Å²) in [7, 11) is 0. The maximum atomic E-state index is 14.3. The van der Waals surface area contributed by atoms with E-state index in [2.05, 4.69) is 49.5 Å². The van der Waals surface area contributed by atoms with Gasteiger partial charge in [-0.15, -0.1) is 0 Å². The highest BCUT2D eigenvalue weighted by Gasteiger charge is 2.36. The van der Waals surface area contributed by atoms with Gasteiger partial charge in [0.25, 0.3) is 0 Å². The molecule has 0 saturated carbocycles. The molecule has 0 spiro atoms. The fourth-order valence-corrected chi connectivity index (χ4v) is 8.11. The number of unbranched alkanes of at least 4 members (excludes halogenated alkanes) is 4. The number of nitrogens with two attached hydrogens (primary N) is 4. The Labute approximate surface area is 415 Å². The Hall–Kier alpha value is -4.77. The summed E-state index contributed by atoms with van der Waals surface area (Å²) < 4.78 is 0. The molecule has 0 aliphatic carbocycles. The zero-order chi connectivity index (χ0) is 52.9. The summed E-state index contributed by atoms with van der Waals surface area (Å²) in [6, 6.07) is -9.08. The number of hydrogen-bond donors (Lipinski definition) is 13. The Bertz CT molecular complexity index is 1670.